The third kappa shape index (κ3) is 5.00. The average molecular weight is 333 g/mol. The van der Waals surface area contributed by atoms with E-state index in [4.69, 9.17) is 21.1 Å². The highest BCUT2D eigenvalue weighted by Crippen LogP contribution is 2.26. The average Bonchev–Trinajstić information content (AvgIpc) is 2.56. The van der Waals surface area contributed by atoms with Gasteiger partial charge in [-0.05, 0) is 41.5 Å². The van der Waals surface area contributed by atoms with Gasteiger partial charge in [0.2, 0.25) is 5.91 Å². The maximum Gasteiger partial charge on any atom is 0.244 e. The molecule has 0 radical (unpaired) electrons. The molecule has 1 N–H and O–H groups in total. The number of rotatable bonds is 6. The van der Waals surface area contributed by atoms with E-state index >= 15 is 0 Å². The van der Waals surface area contributed by atoms with Gasteiger partial charge in [0.1, 0.15) is 0 Å². The van der Waals surface area contributed by atoms with Gasteiger partial charge in [0, 0.05) is 5.02 Å². The van der Waals surface area contributed by atoms with Crippen molar-refractivity contribution in [3.8, 4) is 11.5 Å². The molecule has 0 heterocycles. The van der Waals surface area contributed by atoms with Crippen molar-refractivity contribution in [1.29, 1.82) is 0 Å². The Morgan fingerprint density at radius 3 is 2.48 bits per heavy atom. The van der Waals surface area contributed by atoms with Crippen LogP contribution in [0.4, 0.5) is 0 Å². The van der Waals surface area contributed by atoms with Crippen molar-refractivity contribution in [3.63, 3.8) is 0 Å². The first kappa shape index (κ1) is 16.8. The Balaban J connectivity index is 1.93. The largest absolute Gasteiger partial charge is 0.493 e. The second-order valence-electron chi connectivity index (χ2n) is 4.71. The second-order valence-corrected chi connectivity index (χ2v) is 5.15. The van der Waals surface area contributed by atoms with Crippen molar-refractivity contribution in [1.82, 2.24) is 5.43 Å². The van der Waals surface area contributed by atoms with E-state index in [1.54, 1.807) is 56.8 Å². The Bertz CT molecular complexity index is 699. The lowest BCUT2D eigenvalue weighted by Gasteiger charge is -2.07. The number of methoxy groups -OCH3 is 2. The summed E-state index contributed by atoms with van der Waals surface area (Å²) in [6.07, 6.45) is 1.78. The lowest BCUT2D eigenvalue weighted by molar-refractivity contribution is -0.120. The molecular weight excluding hydrogens is 316 g/mol. The van der Waals surface area contributed by atoms with Gasteiger partial charge >= 0.3 is 0 Å². The molecule has 0 spiro atoms. The Hall–Kier alpha value is -2.53. The van der Waals surface area contributed by atoms with Crippen molar-refractivity contribution in [2.45, 2.75) is 6.42 Å². The van der Waals surface area contributed by atoms with Crippen molar-refractivity contribution in [3.05, 3.63) is 58.6 Å². The molecule has 2 aromatic carbocycles. The van der Waals surface area contributed by atoms with E-state index in [1.807, 2.05) is 6.07 Å². The molecule has 2 rings (SSSR count). The first-order valence-electron chi connectivity index (χ1n) is 6.90. The van der Waals surface area contributed by atoms with E-state index in [9.17, 15) is 4.79 Å². The molecule has 0 atom stereocenters. The van der Waals surface area contributed by atoms with Gasteiger partial charge in [-0.3, -0.25) is 4.79 Å². The summed E-state index contributed by atoms with van der Waals surface area (Å²) >= 11 is 5.80. The van der Waals surface area contributed by atoms with Crippen LogP contribution in [0.15, 0.2) is 47.6 Å². The number of amides is 1. The standard InChI is InChI=1S/C17H17ClN2O3/c1-22-15-8-5-13(9-16(15)23-2)11-19-20-17(21)10-12-3-6-14(18)7-4-12/h3-9,11H,10H2,1-2H3,(H,20,21)/b19-11-. The number of nitrogens with one attached hydrogen (secondary N) is 1. The molecule has 2 aromatic rings. The quantitative estimate of drug-likeness (QED) is 0.653. The van der Waals surface area contributed by atoms with E-state index in [1.165, 1.54) is 0 Å². The molecule has 0 saturated carbocycles. The highest BCUT2D eigenvalue weighted by molar-refractivity contribution is 6.30. The third-order valence-electron chi connectivity index (χ3n) is 3.09. The van der Waals surface area contributed by atoms with Gasteiger partial charge < -0.3 is 9.47 Å². The summed E-state index contributed by atoms with van der Waals surface area (Å²) in [5.41, 5.74) is 4.14. The Kier molecular flexibility index (Phi) is 6.00. The minimum atomic E-state index is -0.205. The van der Waals surface area contributed by atoms with Gasteiger partial charge in [-0.25, -0.2) is 5.43 Å². The van der Waals surface area contributed by atoms with E-state index < -0.39 is 0 Å². The zero-order valence-corrected chi connectivity index (χ0v) is 13.6. The first-order valence-corrected chi connectivity index (χ1v) is 7.28. The Morgan fingerprint density at radius 1 is 1.13 bits per heavy atom. The lowest BCUT2D eigenvalue weighted by atomic mass is 10.1. The van der Waals surface area contributed by atoms with Crippen LogP contribution in [0.1, 0.15) is 11.1 Å². The fourth-order valence-electron chi connectivity index (χ4n) is 1.94. The number of hydrazone groups is 1. The smallest absolute Gasteiger partial charge is 0.244 e. The number of halogens is 1. The van der Waals surface area contributed by atoms with Crippen LogP contribution in [-0.2, 0) is 11.2 Å². The molecule has 6 heteroatoms. The highest BCUT2D eigenvalue weighted by atomic mass is 35.5. The van der Waals surface area contributed by atoms with Gasteiger partial charge in [-0.2, -0.15) is 5.10 Å². The topological polar surface area (TPSA) is 59.9 Å². The van der Waals surface area contributed by atoms with Gasteiger partial charge in [-0.1, -0.05) is 23.7 Å². The third-order valence-corrected chi connectivity index (χ3v) is 3.34. The summed E-state index contributed by atoms with van der Waals surface area (Å²) in [6.45, 7) is 0. The van der Waals surface area contributed by atoms with E-state index in [0.717, 1.165) is 11.1 Å². The number of hydrogen-bond acceptors (Lipinski definition) is 4. The fourth-order valence-corrected chi connectivity index (χ4v) is 2.07. The summed E-state index contributed by atoms with van der Waals surface area (Å²) < 4.78 is 10.4. The zero-order valence-electron chi connectivity index (χ0n) is 12.9. The van der Waals surface area contributed by atoms with Crippen molar-refractivity contribution >= 4 is 23.7 Å². The molecule has 0 aliphatic carbocycles. The summed E-state index contributed by atoms with van der Waals surface area (Å²) in [4.78, 5) is 11.8. The van der Waals surface area contributed by atoms with Crippen molar-refractivity contribution in [2.24, 2.45) is 5.10 Å². The summed E-state index contributed by atoms with van der Waals surface area (Å²) in [5, 5.41) is 4.58. The molecular formula is C17H17ClN2O3. The molecule has 0 bridgehead atoms. The molecule has 0 fully saturated rings. The van der Waals surface area contributed by atoms with Gasteiger partial charge in [0.05, 0.1) is 26.9 Å². The van der Waals surface area contributed by atoms with Crippen LogP contribution in [0, 0.1) is 0 Å². The molecule has 1 amide bonds. The highest BCUT2D eigenvalue weighted by Gasteiger charge is 2.04. The second kappa shape index (κ2) is 8.19. The summed E-state index contributed by atoms with van der Waals surface area (Å²) in [5.74, 6) is 1.03. The van der Waals surface area contributed by atoms with Crippen molar-refractivity contribution < 1.29 is 14.3 Å². The minimum Gasteiger partial charge on any atom is -0.493 e. The van der Waals surface area contributed by atoms with Gasteiger partial charge in [-0.15, -0.1) is 0 Å². The Morgan fingerprint density at radius 2 is 1.83 bits per heavy atom. The van der Waals surface area contributed by atoms with Crippen LogP contribution in [0.25, 0.3) is 0 Å². The normalized spacial score (nSPS) is 10.6. The Labute approximate surface area is 139 Å². The maximum atomic E-state index is 11.8. The van der Waals surface area contributed by atoms with Crippen LogP contribution in [-0.4, -0.2) is 26.3 Å². The number of nitrogens with zero attached hydrogens (tertiary/aromatic N) is 1. The number of benzene rings is 2. The maximum absolute atomic E-state index is 11.8. The monoisotopic (exact) mass is 332 g/mol. The predicted octanol–water partition coefficient (Wildman–Crippen LogP) is 3.05. The van der Waals surface area contributed by atoms with Crippen LogP contribution >= 0.6 is 11.6 Å². The first-order chi connectivity index (χ1) is 11.1. The molecule has 5 nitrogen and oxygen atoms in total. The molecule has 0 aliphatic rings. The number of hydrogen-bond donors (Lipinski definition) is 1. The summed E-state index contributed by atoms with van der Waals surface area (Å²) in [7, 11) is 3.13. The lowest BCUT2D eigenvalue weighted by Crippen LogP contribution is -2.19. The molecule has 0 aliphatic heterocycles. The van der Waals surface area contributed by atoms with E-state index in [-0.39, 0.29) is 12.3 Å². The van der Waals surface area contributed by atoms with Crippen LogP contribution in [0.2, 0.25) is 5.02 Å². The van der Waals surface area contributed by atoms with Crippen LogP contribution in [0.5, 0.6) is 11.5 Å². The van der Waals surface area contributed by atoms with E-state index in [0.29, 0.717) is 16.5 Å². The number of carbonyl (C=O) groups excluding carboxylic acids is 1. The number of ether oxygens (including phenoxy) is 2. The summed E-state index contributed by atoms with van der Waals surface area (Å²) in [6, 6.07) is 12.5. The fraction of sp³-hybridized carbons (Fsp3) is 0.176. The SMILES string of the molecule is COc1ccc(/C=N\NC(=O)Cc2ccc(Cl)cc2)cc1OC. The van der Waals surface area contributed by atoms with Gasteiger partial charge in [0.15, 0.2) is 11.5 Å². The predicted molar refractivity (Wildman–Crippen MR) is 90.4 cm³/mol. The molecule has 0 unspecified atom stereocenters. The van der Waals surface area contributed by atoms with Crippen molar-refractivity contribution in [2.75, 3.05) is 14.2 Å². The van der Waals surface area contributed by atoms with Crippen LogP contribution < -0.4 is 14.9 Å². The zero-order chi connectivity index (χ0) is 16.7. The molecule has 23 heavy (non-hydrogen) atoms. The van der Waals surface area contributed by atoms with Crippen LogP contribution in [0.3, 0.4) is 0 Å². The van der Waals surface area contributed by atoms with Gasteiger partial charge in [0.25, 0.3) is 0 Å². The molecule has 0 saturated heterocycles. The number of carbonyl (C=O) groups is 1. The molecule has 0 aromatic heterocycles. The van der Waals surface area contributed by atoms with E-state index in [2.05, 4.69) is 10.5 Å². The minimum absolute atomic E-state index is 0.205. The molecule has 120 valence electrons.